The van der Waals surface area contributed by atoms with Crippen molar-refractivity contribution in [1.29, 1.82) is 0 Å². The van der Waals surface area contributed by atoms with Gasteiger partial charge in [0.2, 0.25) is 5.43 Å². The minimum Gasteiger partial charge on any atom is -0.503 e. The number of benzene rings is 1. The second-order valence-electron chi connectivity index (χ2n) is 5.36. The van der Waals surface area contributed by atoms with Gasteiger partial charge in [0.15, 0.2) is 21.3 Å². The highest BCUT2D eigenvalue weighted by Gasteiger charge is 2.20. The summed E-state index contributed by atoms with van der Waals surface area (Å²) in [4.78, 5) is 23.8. The van der Waals surface area contributed by atoms with E-state index < -0.39 is 26.9 Å². The van der Waals surface area contributed by atoms with E-state index in [1.54, 1.807) is 0 Å². The van der Waals surface area contributed by atoms with Crippen molar-refractivity contribution in [2.75, 3.05) is 12.8 Å². The number of aromatic nitrogens is 1. The van der Waals surface area contributed by atoms with Gasteiger partial charge in [-0.15, -0.1) is 0 Å². The van der Waals surface area contributed by atoms with E-state index in [1.807, 2.05) is 0 Å². The molecule has 0 atom stereocenters. The Hall–Kier alpha value is -2.32. The maximum atomic E-state index is 12.4. The molecule has 25 heavy (non-hydrogen) atoms. The SMILES string of the molecule is CNC(=O)c1c(O)c(=O)cc(CCS(=O)(=O)c2ccc(Cl)cc2)n1C. The van der Waals surface area contributed by atoms with E-state index >= 15 is 0 Å². The number of sulfone groups is 1. The first-order valence-electron chi connectivity index (χ1n) is 7.29. The van der Waals surface area contributed by atoms with Crippen molar-refractivity contribution < 1.29 is 18.3 Å². The van der Waals surface area contributed by atoms with Crippen molar-refractivity contribution in [2.45, 2.75) is 11.3 Å². The molecule has 0 spiro atoms. The summed E-state index contributed by atoms with van der Waals surface area (Å²) in [6.07, 6.45) is 0.000966. The van der Waals surface area contributed by atoms with Gasteiger partial charge in [0.1, 0.15) is 0 Å². The lowest BCUT2D eigenvalue weighted by molar-refractivity contribution is 0.0950. The van der Waals surface area contributed by atoms with Crippen molar-refractivity contribution >= 4 is 27.3 Å². The Labute approximate surface area is 149 Å². The van der Waals surface area contributed by atoms with Gasteiger partial charge in [-0.05, 0) is 24.3 Å². The molecule has 0 unspecified atom stereocenters. The average Bonchev–Trinajstić information content (AvgIpc) is 2.57. The van der Waals surface area contributed by atoms with Crippen LogP contribution in [0.15, 0.2) is 40.0 Å². The Bertz CT molecular complexity index is 965. The first-order valence-corrected chi connectivity index (χ1v) is 9.32. The van der Waals surface area contributed by atoms with Crippen molar-refractivity contribution in [1.82, 2.24) is 9.88 Å². The highest BCUT2D eigenvalue weighted by Crippen LogP contribution is 2.18. The number of carbonyl (C=O) groups is 1. The summed E-state index contributed by atoms with van der Waals surface area (Å²) in [5.74, 6) is -1.58. The molecular weight excluding hydrogens is 368 g/mol. The Morgan fingerprint density at radius 2 is 1.88 bits per heavy atom. The number of hydrogen-bond acceptors (Lipinski definition) is 5. The number of aromatic hydroxyl groups is 1. The second kappa shape index (κ2) is 7.28. The molecule has 1 heterocycles. The van der Waals surface area contributed by atoms with E-state index in [1.165, 1.54) is 42.9 Å². The van der Waals surface area contributed by atoms with E-state index in [9.17, 15) is 23.1 Å². The van der Waals surface area contributed by atoms with Crippen molar-refractivity contribution in [3.63, 3.8) is 0 Å². The number of carbonyl (C=O) groups excluding carboxylic acids is 1. The Morgan fingerprint density at radius 1 is 1.28 bits per heavy atom. The van der Waals surface area contributed by atoms with Gasteiger partial charge >= 0.3 is 0 Å². The van der Waals surface area contributed by atoms with Crippen LogP contribution in [0, 0.1) is 0 Å². The molecular formula is C16H17ClN2O5S. The standard InChI is InChI=1S/C16H17ClN2O5S/c1-18-16(22)14-15(21)13(20)9-11(19(14)2)7-8-25(23,24)12-5-3-10(17)4-6-12/h3-6,9,21H,7-8H2,1-2H3,(H,18,22). The number of rotatable bonds is 5. The summed E-state index contributed by atoms with van der Waals surface area (Å²) in [5.41, 5.74) is -0.636. The molecule has 1 aromatic carbocycles. The maximum Gasteiger partial charge on any atom is 0.271 e. The van der Waals surface area contributed by atoms with Crippen LogP contribution in [-0.4, -0.2) is 36.8 Å². The van der Waals surface area contributed by atoms with Gasteiger partial charge in [0.05, 0.1) is 10.6 Å². The van der Waals surface area contributed by atoms with Gasteiger partial charge in [-0.2, -0.15) is 0 Å². The highest BCUT2D eigenvalue weighted by atomic mass is 35.5. The molecule has 7 nitrogen and oxygen atoms in total. The van der Waals surface area contributed by atoms with E-state index in [0.717, 1.165) is 6.07 Å². The molecule has 0 aliphatic rings. The third-order valence-corrected chi connectivity index (χ3v) is 5.75. The zero-order valence-electron chi connectivity index (χ0n) is 13.6. The first-order chi connectivity index (χ1) is 11.7. The van der Waals surface area contributed by atoms with Gasteiger partial charge in [0.25, 0.3) is 5.91 Å². The molecule has 0 aliphatic carbocycles. The summed E-state index contributed by atoms with van der Waals surface area (Å²) < 4.78 is 26.1. The smallest absolute Gasteiger partial charge is 0.271 e. The molecule has 0 radical (unpaired) electrons. The van der Waals surface area contributed by atoms with Gasteiger partial charge in [-0.3, -0.25) is 9.59 Å². The number of amides is 1. The van der Waals surface area contributed by atoms with Crippen LogP contribution in [0.1, 0.15) is 16.2 Å². The van der Waals surface area contributed by atoms with Crippen molar-refractivity contribution in [3.05, 3.63) is 57.0 Å². The van der Waals surface area contributed by atoms with E-state index in [-0.39, 0.29) is 22.8 Å². The first kappa shape index (κ1) is 19.0. The van der Waals surface area contributed by atoms with Crippen LogP contribution in [0.25, 0.3) is 0 Å². The van der Waals surface area contributed by atoms with Crippen molar-refractivity contribution in [2.24, 2.45) is 7.05 Å². The Balaban J connectivity index is 2.35. The lowest BCUT2D eigenvalue weighted by Gasteiger charge is -2.15. The molecule has 134 valence electrons. The lowest BCUT2D eigenvalue weighted by atomic mass is 10.2. The summed E-state index contributed by atoms with van der Waals surface area (Å²) >= 11 is 5.75. The third-order valence-electron chi connectivity index (χ3n) is 3.76. The molecule has 2 rings (SSSR count). The molecule has 0 saturated carbocycles. The molecule has 0 bridgehead atoms. The summed E-state index contributed by atoms with van der Waals surface area (Å²) in [7, 11) is -0.746. The van der Waals surface area contributed by atoms with Crippen LogP contribution >= 0.6 is 11.6 Å². The van der Waals surface area contributed by atoms with Gasteiger partial charge in [0, 0.05) is 37.3 Å². The fraction of sp³-hybridized carbons (Fsp3) is 0.250. The largest absolute Gasteiger partial charge is 0.503 e. The fourth-order valence-corrected chi connectivity index (χ4v) is 3.74. The lowest BCUT2D eigenvalue weighted by Crippen LogP contribution is -2.27. The van der Waals surface area contributed by atoms with E-state index in [2.05, 4.69) is 5.32 Å². The predicted octanol–water partition coefficient (Wildman–Crippen LogP) is 1.12. The quantitative estimate of drug-likeness (QED) is 0.803. The van der Waals surface area contributed by atoms with Crippen LogP contribution in [0.5, 0.6) is 5.75 Å². The van der Waals surface area contributed by atoms with Gasteiger partial charge in [-0.1, -0.05) is 11.6 Å². The molecule has 0 fully saturated rings. The molecule has 2 N–H and O–H groups in total. The Kier molecular flexibility index (Phi) is 5.54. The minimum absolute atomic E-state index is 0.000966. The third kappa shape index (κ3) is 4.02. The molecule has 2 aromatic rings. The van der Waals surface area contributed by atoms with Crippen LogP contribution in [0.2, 0.25) is 5.02 Å². The zero-order chi connectivity index (χ0) is 18.8. The van der Waals surface area contributed by atoms with Crippen molar-refractivity contribution in [3.8, 4) is 5.75 Å². The molecule has 1 aromatic heterocycles. The molecule has 0 aliphatic heterocycles. The average molecular weight is 385 g/mol. The normalized spacial score (nSPS) is 11.3. The topological polar surface area (TPSA) is 105 Å². The van der Waals surface area contributed by atoms with Crippen LogP contribution in [-0.2, 0) is 23.3 Å². The number of pyridine rings is 1. The summed E-state index contributed by atoms with van der Waals surface area (Å²) in [6, 6.07) is 6.90. The molecule has 1 amide bonds. The summed E-state index contributed by atoms with van der Waals surface area (Å²) in [5, 5.41) is 12.6. The fourth-order valence-electron chi connectivity index (χ4n) is 2.35. The van der Waals surface area contributed by atoms with E-state index in [4.69, 9.17) is 11.6 Å². The predicted molar refractivity (Wildman–Crippen MR) is 93.9 cm³/mol. The van der Waals surface area contributed by atoms with Gasteiger partial charge in [-0.25, -0.2) is 8.42 Å². The number of aryl methyl sites for hydroxylation is 1. The van der Waals surface area contributed by atoms with E-state index in [0.29, 0.717) is 10.7 Å². The van der Waals surface area contributed by atoms with Crippen LogP contribution in [0.4, 0.5) is 0 Å². The molecule has 9 heteroatoms. The van der Waals surface area contributed by atoms with Crippen LogP contribution < -0.4 is 10.7 Å². The second-order valence-corrected chi connectivity index (χ2v) is 7.90. The number of nitrogens with one attached hydrogen (secondary N) is 1. The maximum absolute atomic E-state index is 12.4. The zero-order valence-corrected chi connectivity index (χ0v) is 15.2. The number of halogens is 1. The monoisotopic (exact) mass is 384 g/mol. The van der Waals surface area contributed by atoms with Crippen LogP contribution in [0.3, 0.4) is 0 Å². The Morgan fingerprint density at radius 3 is 2.44 bits per heavy atom. The number of hydrogen-bond donors (Lipinski definition) is 2. The highest BCUT2D eigenvalue weighted by molar-refractivity contribution is 7.91. The minimum atomic E-state index is -3.59. The molecule has 0 saturated heterocycles. The van der Waals surface area contributed by atoms with Gasteiger partial charge < -0.3 is 15.0 Å². The summed E-state index contributed by atoms with van der Waals surface area (Å²) in [6.45, 7) is 0. The number of nitrogens with zero attached hydrogens (tertiary/aromatic N) is 1.